The van der Waals surface area contributed by atoms with Gasteiger partial charge < -0.3 is 11.1 Å². The Kier molecular flexibility index (Phi) is 8.64. The summed E-state index contributed by atoms with van der Waals surface area (Å²) in [6.07, 6.45) is 7.01. The second kappa shape index (κ2) is 9.00. The lowest BCUT2D eigenvalue weighted by Crippen LogP contribution is -2.41. The van der Waals surface area contributed by atoms with Crippen LogP contribution in [0.3, 0.4) is 0 Å². The average Bonchev–Trinajstić information content (AvgIpc) is 2.15. The van der Waals surface area contributed by atoms with Crippen LogP contribution in [0.15, 0.2) is 0 Å². The summed E-state index contributed by atoms with van der Waals surface area (Å²) in [6.45, 7) is 5.00. The standard InChI is InChI=1S/C11H24N2O/c1-3-5-6-7-8-9-10(11(12)14)13-4-2/h10,13H,3-9H2,1-2H3,(H2,12,14). The number of rotatable bonds is 9. The number of amides is 1. The van der Waals surface area contributed by atoms with Crippen LogP contribution in [-0.2, 0) is 4.79 Å². The van der Waals surface area contributed by atoms with E-state index in [9.17, 15) is 4.79 Å². The van der Waals surface area contributed by atoms with E-state index in [1.54, 1.807) is 0 Å². The molecule has 84 valence electrons. The molecule has 0 saturated carbocycles. The highest BCUT2D eigenvalue weighted by Crippen LogP contribution is 2.07. The van der Waals surface area contributed by atoms with E-state index in [0.29, 0.717) is 0 Å². The monoisotopic (exact) mass is 200 g/mol. The molecule has 1 atom stereocenters. The molecule has 3 nitrogen and oxygen atoms in total. The summed E-state index contributed by atoms with van der Waals surface area (Å²) < 4.78 is 0. The van der Waals surface area contributed by atoms with Crippen molar-refractivity contribution in [1.82, 2.24) is 5.32 Å². The molecule has 3 heteroatoms. The van der Waals surface area contributed by atoms with Crippen molar-refractivity contribution in [2.24, 2.45) is 5.73 Å². The van der Waals surface area contributed by atoms with E-state index in [-0.39, 0.29) is 11.9 Å². The van der Waals surface area contributed by atoms with Crippen LogP contribution in [0.1, 0.15) is 52.4 Å². The Balaban J connectivity index is 3.46. The lowest BCUT2D eigenvalue weighted by molar-refractivity contribution is -0.120. The van der Waals surface area contributed by atoms with Crippen molar-refractivity contribution < 1.29 is 4.79 Å². The predicted octanol–water partition coefficient (Wildman–Crippen LogP) is 1.81. The van der Waals surface area contributed by atoms with Crippen LogP contribution in [0.25, 0.3) is 0 Å². The summed E-state index contributed by atoms with van der Waals surface area (Å²) in [7, 11) is 0. The van der Waals surface area contributed by atoms with Crippen molar-refractivity contribution in [2.75, 3.05) is 6.54 Å². The first kappa shape index (κ1) is 13.4. The van der Waals surface area contributed by atoms with Crippen LogP contribution in [0, 0.1) is 0 Å². The van der Waals surface area contributed by atoms with Gasteiger partial charge in [-0.15, -0.1) is 0 Å². The van der Waals surface area contributed by atoms with Crippen molar-refractivity contribution in [3.05, 3.63) is 0 Å². The fourth-order valence-corrected chi connectivity index (χ4v) is 1.54. The molecule has 0 bridgehead atoms. The zero-order valence-corrected chi connectivity index (χ0v) is 9.51. The van der Waals surface area contributed by atoms with Gasteiger partial charge in [0.15, 0.2) is 0 Å². The molecule has 1 unspecified atom stereocenters. The Hall–Kier alpha value is -0.570. The molecule has 0 radical (unpaired) electrons. The van der Waals surface area contributed by atoms with Gasteiger partial charge in [-0.2, -0.15) is 0 Å². The number of carbonyl (C=O) groups is 1. The average molecular weight is 200 g/mol. The molecule has 0 aromatic heterocycles. The zero-order chi connectivity index (χ0) is 10.8. The number of nitrogens with two attached hydrogens (primary N) is 1. The summed E-state index contributed by atoms with van der Waals surface area (Å²) in [5.74, 6) is -0.220. The van der Waals surface area contributed by atoms with Crippen LogP contribution in [0.5, 0.6) is 0 Å². The molecule has 0 aliphatic heterocycles. The highest BCUT2D eigenvalue weighted by Gasteiger charge is 2.12. The van der Waals surface area contributed by atoms with Gasteiger partial charge in [0.2, 0.25) is 5.91 Å². The van der Waals surface area contributed by atoms with Crippen LogP contribution in [0.4, 0.5) is 0 Å². The highest BCUT2D eigenvalue weighted by molar-refractivity contribution is 5.79. The van der Waals surface area contributed by atoms with E-state index in [4.69, 9.17) is 5.73 Å². The molecule has 0 aromatic carbocycles. The van der Waals surface area contributed by atoms with Gasteiger partial charge in [-0.05, 0) is 13.0 Å². The molecular formula is C11H24N2O. The molecule has 3 N–H and O–H groups in total. The van der Waals surface area contributed by atoms with Crippen LogP contribution in [0.2, 0.25) is 0 Å². The molecule has 0 rings (SSSR count). The maximum atomic E-state index is 11.0. The van der Waals surface area contributed by atoms with Crippen molar-refractivity contribution in [1.29, 1.82) is 0 Å². The molecule has 0 aliphatic rings. The number of likely N-dealkylation sites (N-methyl/N-ethyl adjacent to an activating group) is 1. The minimum atomic E-state index is -0.220. The first-order valence-electron chi connectivity index (χ1n) is 5.75. The number of primary amides is 1. The Morgan fingerprint density at radius 3 is 2.36 bits per heavy atom. The number of carbonyl (C=O) groups excluding carboxylic acids is 1. The Morgan fingerprint density at radius 1 is 1.21 bits per heavy atom. The van der Waals surface area contributed by atoms with E-state index in [0.717, 1.165) is 19.4 Å². The molecule has 1 amide bonds. The number of unbranched alkanes of at least 4 members (excludes halogenated alkanes) is 4. The minimum Gasteiger partial charge on any atom is -0.368 e. The molecule has 0 heterocycles. The van der Waals surface area contributed by atoms with Gasteiger partial charge in [0.05, 0.1) is 6.04 Å². The SMILES string of the molecule is CCCCCCCC(NCC)C(N)=O. The Labute approximate surface area is 87.4 Å². The molecule has 14 heavy (non-hydrogen) atoms. The summed E-state index contributed by atoms with van der Waals surface area (Å²) in [4.78, 5) is 11.0. The molecular weight excluding hydrogens is 176 g/mol. The lowest BCUT2D eigenvalue weighted by Gasteiger charge is -2.13. The van der Waals surface area contributed by atoms with E-state index >= 15 is 0 Å². The third-order valence-corrected chi connectivity index (χ3v) is 2.39. The Morgan fingerprint density at radius 2 is 1.86 bits per heavy atom. The van der Waals surface area contributed by atoms with Crippen molar-refractivity contribution >= 4 is 5.91 Å². The quantitative estimate of drug-likeness (QED) is 0.558. The van der Waals surface area contributed by atoms with Crippen LogP contribution in [-0.4, -0.2) is 18.5 Å². The van der Waals surface area contributed by atoms with Gasteiger partial charge in [-0.3, -0.25) is 4.79 Å². The number of hydrogen-bond acceptors (Lipinski definition) is 2. The third kappa shape index (κ3) is 6.89. The smallest absolute Gasteiger partial charge is 0.234 e. The number of nitrogens with one attached hydrogen (secondary N) is 1. The molecule has 0 saturated heterocycles. The van der Waals surface area contributed by atoms with E-state index in [2.05, 4.69) is 12.2 Å². The van der Waals surface area contributed by atoms with Crippen molar-refractivity contribution in [2.45, 2.75) is 58.4 Å². The zero-order valence-electron chi connectivity index (χ0n) is 9.51. The predicted molar refractivity (Wildman–Crippen MR) is 60.0 cm³/mol. The van der Waals surface area contributed by atoms with Gasteiger partial charge in [0.25, 0.3) is 0 Å². The molecule has 0 fully saturated rings. The van der Waals surface area contributed by atoms with Gasteiger partial charge in [0.1, 0.15) is 0 Å². The summed E-state index contributed by atoms with van der Waals surface area (Å²) in [5.41, 5.74) is 5.26. The van der Waals surface area contributed by atoms with Gasteiger partial charge >= 0.3 is 0 Å². The van der Waals surface area contributed by atoms with Crippen LogP contribution >= 0.6 is 0 Å². The van der Waals surface area contributed by atoms with Crippen molar-refractivity contribution in [3.63, 3.8) is 0 Å². The van der Waals surface area contributed by atoms with Crippen molar-refractivity contribution in [3.8, 4) is 0 Å². The van der Waals surface area contributed by atoms with Crippen LogP contribution < -0.4 is 11.1 Å². The molecule has 0 aliphatic carbocycles. The lowest BCUT2D eigenvalue weighted by atomic mass is 10.1. The fourth-order valence-electron chi connectivity index (χ4n) is 1.54. The fraction of sp³-hybridized carbons (Fsp3) is 0.909. The minimum absolute atomic E-state index is 0.123. The maximum absolute atomic E-state index is 11.0. The van der Waals surface area contributed by atoms with E-state index in [1.807, 2.05) is 6.92 Å². The largest absolute Gasteiger partial charge is 0.368 e. The topological polar surface area (TPSA) is 55.1 Å². The summed E-state index contributed by atoms with van der Waals surface area (Å²) in [5, 5.41) is 3.10. The van der Waals surface area contributed by atoms with Gasteiger partial charge in [0, 0.05) is 0 Å². The summed E-state index contributed by atoms with van der Waals surface area (Å²) >= 11 is 0. The normalized spacial score (nSPS) is 12.7. The van der Waals surface area contributed by atoms with Gasteiger partial charge in [-0.25, -0.2) is 0 Å². The first-order valence-corrected chi connectivity index (χ1v) is 5.75. The maximum Gasteiger partial charge on any atom is 0.234 e. The van der Waals surface area contributed by atoms with Gasteiger partial charge in [-0.1, -0.05) is 46.0 Å². The Bertz CT molecular complexity index is 148. The first-order chi connectivity index (χ1) is 6.72. The third-order valence-electron chi connectivity index (χ3n) is 2.39. The molecule has 0 spiro atoms. The number of hydrogen-bond donors (Lipinski definition) is 2. The second-order valence-electron chi connectivity index (χ2n) is 3.72. The second-order valence-corrected chi connectivity index (χ2v) is 3.72. The summed E-state index contributed by atoms with van der Waals surface area (Å²) in [6, 6.07) is -0.123. The van der Waals surface area contributed by atoms with E-state index < -0.39 is 0 Å². The highest BCUT2D eigenvalue weighted by atomic mass is 16.1. The van der Waals surface area contributed by atoms with E-state index in [1.165, 1.54) is 25.7 Å². The molecule has 0 aromatic rings.